The number of carbonyl (C=O) groups excluding carboxylic acids is 3. The summed E-state index contributed by atoms with van der Waals surface area (Å²) in [4.78, 5) is 35.3. The van der Waals surface area contributed by atoms with Gasteiger partial charge >= 0.3 is 5.97 Å². The monoisotopic (exact) mass is 343 g/mol. The number of hydrogen-bond donors (Lipinski definition) is 1. The Morgan fingerprint density at radius 3 is 2.52 bits per heavy atom. The normalized spacial score (nSPS) is 11.5. The van der Waals surface area contributed by atoms with Crippen LogP contribution in [-0.4, -0.2) is 23.8 Å². The second-order valence-corrected chi connectivity index (χ2v) is 5.53. The third kappa shape index (κ3) is 5.24. The van der Waals surface area contributed by atoms with E-state index < -0.39 is 23.8 Å². The smallest absolute Gasteiger partial charge is 0.311 e. The van der Waals surface area contributed by atoms with E-state index in [1.165, 1.54) is 38.1 Å². The lowest BCUT2D eigenvalue weighted by Crippen LogP contribution is -2.30. The maximum atomic E-state index is 13.5. The van der Waals surface area contributed by atoms with Gasteiger partial charge in [-0.3, -0.25) is 14.4 Å². The van der Waals surface area contributed by atoms with Crippen LogP contribution in [0.1, 0.15) is 29.8 Å². The average Bonchev–Trinajstić information content (AvgIpc) is 2.57. The number of carbonyl (C=O) groups is 3. The standard InChI is InChI=1S/C19H18FNO4/c1-12(22)14-7-5-8-16(10-14)21-19(24)13(2)25-18(23)11-15-6-3-4-9-17(15)20/h3-10,13H,11H2,1-2H3,(H,21,24). The van der Waals surface area contributed by atoms with E-state index in [0.717, 1.165) is 0 Å². The quantitative estimate of drug-likeness (QED) is 0.646. The van der Waals surface area contributed by atoms with E-state index >= 15 is 0 Å². The number of ketones is 1. The molecule has 0 bridgehead atoms. The summed E-state index contributed by atoms with van der Waals surface area (Å²) in [5.74, 6) is -1.87. The van der Waals surface area contributed by atoms with Crippen molar-refractivity contribution in [1.82, 2.24) is 0 Å². The number of anilines is 1. The molecule has 0 spiro atoms. The summed E-state index contributed by atoms with van der Waals surface area (Å²) in [6, 6.07) is 12.3. The molecule has 0 saturated carbocycles. The van der Waals surface area contributed by atoms with Gasteiger partial charge in [0.25, 0.3) is 5.91 Å². The molecule has 0 aliphatic heterocycles. The lowest BCUT2D eigenvalue weighted by Gasteiger charge is -2.14. The topological polar surface area (TPSA) is 72.5 Å². The van der Waals surface area contributed by atoms with Crippen molar-refractivity contribution in [3.05, 3.63) is 65.5 Å². The van der Waals surface area contributed by atoms with Crippen molar-refractivity contribution < 1.29 is 23.5 Å². The molecule has 0 aliphatic carbocycles. The SMILES string of the molecule is CC(=O)c1cccc(NC(=O)C(C)OC(=O)Cc2ccccc2F)c1. The van der Waals surface area contributed by atoms with Gasteiger partial charge in [-0.25, -0.2) is 4.39 Å². The summed E-state index contributed by atoms with van der Waals surface area (Å²) in [5.41, 5.74) is 1.09. The van der Waals surface area contributed by atoms with E-state index in [9.17, 15) is 18.8 Å². The zero-order chi connectivity index (χ0) is 18.4. The van der Waals surface area contributed by atoms with Gasteiger partial charge < -0.3 is 10.1 Å². The summed E-state index contributed by atoms with van der Waals surface area (Å²) in [5, 5.41) is 2.58. The van der Waals surface area contributed by atoms with Crippen molar-refractivity contribution in [1.29, 1.82) is 0 Å². The van der Waals surface area contributed by atoms with Crippen LogP contribution in [0.5, 0.6) is 0 Å². The summed E-state index contributed by atoms with van der Waals surface area (Å²) in [6.45, 7) is 2.84. The number of esters is 1. The van der Waals surface area contributed by atoms with Crippen molar-refractivity contribution in [2.75, 3.05) is 5.32 Å². The summed E-state index contributed by atoms with van der Waals surface area (Å²) < 4.78 is 18.6. The molecule has 1 atom stereocenters. The lowest BCUT2D eigenvalue weighted by atomic mass is 10.1. The molecule has 0 aliphatic rings. The lowest BCUT2D eigenvalue weighted by molar-refractivity contribution is -0.152. The molecule has 0 saturated heterocycles. The highest BCUT2D eigenvalue weighted by Gasteiger charge is 2.19. The van der Waals surface area contributed by atoms with Crippen molar-refractivity contribution in [3.63, 3.8) is 0 Å². The first-order chi connectivity index (χ1) is 11.9. The van der Waals surface area contributed by atoms with Crippen molar-refractivity contribution in [2.24, 2.45) is 0 Å². The van der Waals surface area contributed by atoms with Crippen molar-refractivity contribution in [2.45, 2.75) is 26.4 Å². The number of halogens is 1. The minimum absolute atomic E-state index is 0.125. The fourth-order valence-corrected chi connectivity index (χ4v) is 2.15. The molecule has 130 valence electrons. The molecule has 2 aromatic carbocycles. The highest BCUT2D eigenvalue weighted by molar-refractivity contribution is 5.98. The molecule has 5 nitrogen and oxygen atoms in total. The molecule has 2 aromatic rings. The number of benzene rings is 2. The maximum Gasteiger partial charge on any atom is 0.311 e. The van der Waals surface area contributed by atoms with Gasteiger partial charge in [0.1, 0.15) is 5.82 Å². The third-order valence-electron chi connectivity index (χ3n) is 3.51. The fraction of sp³-hybridized carbons (Fsp3) is 0.211. The summed E-state index contributed by atoms with van der Waals surface area (Å²) >= 11 is 0. The largest absolute Gasteiger partial charge is 0.452 e. The first-order valence-corrected chi connectivity index (χ1v) is 7.71. The van der Waals surface area contributed by atoms with Gasteiger partial charge in [0.05, 0.1) is 6.42 Å². The average molecular weight is 343 g/mol. The predicted molar refractivity (Wildman–Crippen MR) is 90.7 cm³/mol. The fourth-order valence-electron chi connectivity index (χ4n) is 2.15. The van der Waals surface area contributed by atoms with Crippen molar-refractivity contribution >= 4 is 23.3 Å². The Labute approximate surface area is 144 Å². The van der Waals surface area contributed by atoms with Gasteiger partial charge in [-0.1, -0.05) is 30.3 Å². The Hall–Kier alpha value is -3.02. The highest BCUT2D eigenvalue weighted by atomic mass is 19.1. The molecule has 0 heterocycles. The van der Waals surface area contributed by atoms with E-state index in [0.29, 0.717) is 11.3 Å². The van der Waals surface area contributed by atoms with Gasteiger partial charge in [0.15, 0.2) is 11.9 Å². The Bertz CT molecular complexity index is 804. The molecule has 1 amide bonds. The van der Waals surface area contributed by atoms with Crippen LogP contribution in [0.15, 0.2) is 48.5 Å². The first kappa shape index (κ1) is 18.3. The second kappa shape index (κ2) is 8.19. The molecule has 6 heteroatoms. The molecule has 0 fully saturated rings. The number of amides is 1. The van der Waals surface area contributed by atoms with Gasteiger partial charge in [0, 0.05) is 11.3 Å². The number of hydrogen-bond acceptors (Lipinski definition) is 4. The third-order valence-corrected chi connectivity index (χ3v) is 3.51. The summed E-state index contributed by atoms with van der Waals surface area (Å²) in [6.07, 6.45) is -1.32. The van der Waals surface area contributed by atoms with E-state index in [1.54, 1.807) is 24.3 Å². The Morgan fingerprint density at radius 2 is 1.84 bits per heavy atom. The first-order valence-electron chi connectivity index (χ1n) is 7.71. The van der Waals surface area contributed by atoms with Crippen LogP contribution < -0.4 is 5.32 Å². The van der Waals surface area contributed by atoms with E-state index in [4.69, 9.17) is 4.74 Å². The Kier molecular flexibility index (Phi) is 6.00. The molecule has 25 heavy (non-hydrogen) atoms. The number of ether oxygens (including phenoxy) is 1. The van der Waals surface area contributed by atoms with Gasteiger partial charge in [-0.15, -0.1) is 0 Å². The minimum Gasteiger partial charge on any atom is -0.452 e. The summed E-state index contributed by atoms with van der Waals surface area (Å²) in [7, 11) is 0. The molecule has 0 radical (unpaired) electrons. The number of rotatable bonds is 6. The molecule has 1 unspecified atom stereocenters. The molecule has 1 N–H and O–H groups in total. The maximum absolute atomic E-state index is 13.5. The van der Waals surface area contributed by atoms with Gasteiger partial charge in [0.2, 0.25) is 0 Å². The molecular formula is C19H18FNO4. The van der Waals surface area contributed by atoms with Crippen LogP contribution in [0.3, 0.4) is 0 Å². The molecule has 0 aromatic heterocycles. The predicted octanol–water partition coefficient (Wildman–Crippen LogP) is 3.14. The highest BCUT2D eigenvalue weighted by Crippen LogP contribution is 2.13. The van der Waals surface area contributed by atoms with Crippen molar-refractivity contribution in [3.8, 4) is 0 Å². The van der Waals surface area contributed by atoms with Crippen LogP contribution in [-0.2, 0) is 20.7 Å². The van der Waals surface area contributed by atoms with E-state index in [2.05, 4.69) is 5.32 Å². The van der Waals surface area contributed by atoms with Gasteiger partial charge in [-0.2, -0.15) is 0 Å². The number of nitrogens with one attached hydrogen (secondary N) is 1. The minimum atomic E-state index is -1.06. The Balaban J connectivity index is 1.94. The van der Waals surface area contributed by atoms with Crippen LogP contribution in [0.25, 0.3) is 0 Å². The molecular weight excluding hydrogens is 325 g/mol. The van der Waals surface area contributed by atoms with Crippen LogP contribution in [0, 0.1) is 5.82 Å². The van der Waals surface area contributed by atoms with Crippen LogP contribution in [0.2, 0.25) is 0 Å². The zero-order valence-corrected chi connectivity index (χ0v) is 13.9. The van der Waals surface area contributed by atoms with E-state index in [1.807, 2.05) is 0 Å². The molecule has 2 rings (SSSR count). The second-order valence-electron chi connectivity index (χ2n) is 5.53. The Morgan fingerprint density at radius 1 is 1.12 bits per heavy atom. The zero-order valence-electron chi connectivity index (χ0n) is 13.9. The van der Waals surface area contributed by atoms with Crippen LogP contribution >= 0.6 is 0 Å². The number of Topliss-reactive ketones (excluding diaryl/α,β-unsaturated/α-hetero) is 1. The van der Waals surface area contributed by atoms with Gasteiger partial charge in [-0.05, 0) is 37.6 Å². The van der Waals surface area contributed by atoms with E-state index in [-0.39, 0.29) is 17.8 Å². The van der Waals surface area contributed by atoms with Crippen LogP contribution in [0.4, 0.5) is 10.1 Å².